The number of allylic oxidation sites excluding steroid dienone is 1. The molecule has 0 bridgehead atoms. The van der Waals surface area contributed by atoms with Gasteiger partial charge < -0.3 is 5.73 Å². The third-order valence-corrected chi connectivity index (χ3v) is 0.984. The van der Waals surface area contributed by atoms with E-state index < -0.39 is 0 Å². The van der Waals surface area contributed by atoms with Crippen molar-refractivity contribution in [3.8, 4) is 0 Å². The van der Waals surface area contributed by atoms with Crippen molar-refractivity contribution in [1.82, 2.24) is 5.01 Å². The normalized spacial score (nSPS) is 11.1. The van der Waals surface area contributed by atoms with Crippen molar-refractivity contribution >= 4 is 6.72 Å². The zero-order valence-corrected chi connectivity index (χ0v) is 5.96. The fraction of sp³-hybridized carbons (Fsp3) is 0.500. The molecule has 0 radical (unpaired) electrons. The number of rotatable bonds is 3. The first-order valence-electron chi connectivity index (χ1n) is 2.86. The van der Waals surface area contributed by atoms with Gasteiger partial charge in [0.25, 0.3) is 0 Å². The van der Waals surface area contributed by atoms with Crippen LogP contribution in [0, 0.1) is 0 Å². The highest BCUT2D eigenvalue weighted by Crippen LogP contribution is 1.92. The van der Waals surface area contributed by atoms with Crippen LogP contribution in [0.4, 0.5) is 0 Å². The van der Waals surface area contributed by atoms with Gasteiger partial charge in [0.1, 0.15) is 0 Å². The van der Waals surface area contributed by atoms with E-state index in [2.05, 4.69) is 11.8 Å². The number of hydrogen-bond donors (Lipinski definition) is 1. The largest absolute Gasteiger partial charge is 0.401 e. The van der Waals surface area contributed by atoms with Crippen LogP contribution in [0.15, 0.2) is 17.0 Å². The molecule has 0 aliphatic carbocycles. The van der Waals surface area contributed by atoms with Crippen LogP contribution >= 0.6 is 0 Å². The highest BCUT2D eigenvalue weighted by atomic mass is 15.4. The van der Waals surface area contributed by atoms with E-state index in [1.165, 1.54) is 0 Å². The van der Waals surface area contributed by atoms with Gasteiger partial charge in [-0.05, 0) is 6.42 Å². The lowest BCUT2D eigenvalue weighted by Crippen LogP contribution is -2.05. The summed E-state index contributed by atoms with van der Waals surface area (Å²) in [6.07, 6.45) is 2.59. The molecule has 0 aromatic rings. The molecule has 0 atom stereocenters. The van der Waals surface area contributed by atoms with Gasteiger partial charge in [-0.2, -0.15) is 5.10 Å². The van der Waals surface area contributed by atoms with Gasteiger partial charge in [0.05, 0.1) is 0 Å². The van der Waals surface area contributed by atoms with E-state index in [9.17, 15) is 0 Å². The van der Waals surface area contributed by atoms with Crippen molar-refractivity contribution in [2.75, 3.05) is 7.05 Å². The molecule has 0 aliphatic rings. The molecule has 0 saturated carbocycles. The van der Waals surface area contributed by atoms with Gasteiger partial charge in [-0.1, -0.05) is 6.92 Å². The number of nitrogens with zero attached hydrogens (tertiary/aromatic N) is 2. The lowest BCUT2D eigenvalue weighted by molar-refractivity contribution is 0.488. The number of hydrogen-bond acceptors (Lipinski definition) is 3. The van der Waals surface area contributed by atoms with Crippen LogP contribution in [-0.2, 0) is 0 Å². The fourth-order valence-electron chi connectivity index (χ4n) is 0.372. The molecular weight excluding hydrogens is 114 g/mol. The summed E-state index contributed by atoms with van der Waals surface area (Å²) in [5.41, 5.74) is 6.29. The molecule has 0 aliphatic heterocycles. The summed E-state index contributed by atoms with van der Waals surface area (Å²) >= 11 is 0. The number of hydrazone groups is 1. The second-order valence-electron chi connectivity index (χ2n) is 1.77. The van der Waals surface area contributed by atoms with Gasteiger partial charge in [-0.15, -0.1) is 0 Å². The first-order chi connectivity index (χ1) is 4.20. The van der Waals surface area contributed by atoms with E-state index in [0.717, 1.165) is 12.1 Å². The van der Waals surface area contributed by atoms with Crippen LogP contribution in [0.1, 0.15) is 13.3 Å². The van der Waals surface area contributed by atoms with Crippen molar-refractivity contribution in [3.05, 3.63) is 11.9 Å². The predicted molar refractivity (Wildman–Crippen MR) is 39.9 cm³/mol. The predicted octanol–water partition coefficient (Wildman–Crippen LogP) is 0.744. The smallest absolute Gasteiger partial charge is 0.0416 e. The van der Waals surface area contributed by atoms with E-state index in [0.29, 0.717) is 0 Å². The Labute approximate surface area is 55.8 Å². The van der Waals surface area contributed by atoms with Gasteiger partial charge in [-0.3, -0.25) is 5.01 Å². The van der Waals surface area contributed by atoms with Crippen molar-refractivity contribution in [2.24, 2.45) is 10.8 Å². The molecule has 0 aromatic carbocycles. The first-order valence-corrected chi connectivity index (χ1v) is 2.86. The SMILES string of the molecule is C=NN(C)/C=C(\N)CC. The molecule has 0 rings (SSSR count). The monoisotopic (exact) mass is 127 g/mol. The Bertz CT molecular complexity index is 117. The first kappa shape index (κ1) is 8.01. The van der Waals surface area contributed by atoms with E-state index in [1.807, 2.05) is 6.92 Å². The maximum Gasteiger partial charge on any atom is 0.0416 e. The molecule has 0 spiro atoms. The van der Waals surface area contributed by atoms with Gasteiger partial charge in [0.15, 0.2) is 0 Å². The van der Waals surface area contributed by atoms with Crippen LogP contribution in [-0.4, -0.2) is 18.8 Å². The average Bonchev–Trinajstić information content (AvgIpc) is 1.87. The maximum absolute atomic E-state index is 5.48. The Kier molecular flexibility index (Phi) is 3.51. The highest BCUT2D eigenvalue weighted by Gasteiger charge is 1.85. The Morgan fingerprint density at radius 3 is 2.78 bits per heavy atom. The summed E-state index contributed by atoms with van der Waals surface area (Å²) in [4.78, 5) is 0. The van der Waals surface area contributed by atoms with E-state index in [-0.39, 0.29) is 0 Å². The molecule has 0 unspecified atom stereocenters. The second-order valence-corrected chi connectivity index (χ2v) is 1.77. The fourth-order valence-corrected chi connectivity index (χ4v) is 0.372. The van der Waals surface area contributed by atoms with Crippen LogP contribution < -0.4 is 5.73 Å². The lowest BCUT2D eigenvalue weighted by Gasteiger charge is -2.05. The van der Waals surface area contributed by atoms with Gasteiger partial charge in [0, 0.05) is 25.7 Å². The summed E-state index contributed by atoms with van der Waals surface area (Å²) in [6, 6.07) is 0. The van der Waals surface area contributed by atoms with Crippen molar-refractivity contribution in [3.63, 3.8) is 0 Å². The Morgan fingerprint density at radius 1 is 1.89 bits per heavy atom. The summed E-state index contributed by atoms with van der Waals surface area (Å²) < 4.78 is 0. The minimum atomic E-state index is 0.810. The van der Waals surface area contributed by atoms with Gasteiger partial charge >= 0.3 is 0 Å². The van der Waals surface area contributed by atoms with Crippen molar-refractivity contribution in [2.45, 2.75) is 13.3 Å². The second kappa shape index (κ2) is 3.95. The van der Waals surface area contributed by atoms with Gasteiger partial charge in [0.2, 0.25) is 0 Å². The molecule has 0 aromatic heterocycles. The molecule has 0 amide bonds. The van der Waals surface area contributed by atoms with Crippen molar-refractivity contribution < 1.29 is 0 Å². The topological polar surface area (TPSA) is 41.6 Å². The third kappa shape index (κ3) is 3.58. The third-order valence-electron chi connectivity index (χ3n) is 0.984. The minimum absolute atomic E-state index is 0.810. The zero-order chi connectivity index (χ0) is 7.28. The van der Waals surface area contributed by atoms with E-state index in [1.54, 1.807) is 18.3 Å². The zero-order valence-electron chi connectivity index (χ0n) is 5.96. The Hall–Kier alpha value is -0.990. The van der Waals surface area contributed by atoms with Crippen LogP contribution in [0.5, 0.6) is 0 Å². The number of nitrogens with two attached hydrogens (primary N) is 1. The van der Waals surface area contributed by atoms with Crippen molar-refractivity contribution in [1.29, 1.82) is 0 Å². The standard InChI is InChI=1S/C6H13N3/c1-4-6(7)5-9(3)8-2/h5H,2,4,7H2,1,3H3/b6-5-. The summed E-state index contributed by atoms with van der Waals surface area (Å²) in [6.45, 7) is 5.31. The molecular formula is C6H13N3. The minimum Gasteiger partial charge on any atom is -0.401 e. The molecule has 9 heavy (non-hydrogen) atoms. The molecule has 0 saturated heterocycles. The van der Waals surface area contributed by atoms with Crippen LogP contribution in [0.25, 0.3) is 0 Å². The maximum atomic E-state index is 5.48. The molecule has 3 nitrogen and oxygen atoms in total. The summed E-state index contributed by atoms with van der Waals surface area (Å²) in [5.74, 6) is 0. The van der Waals surface area contributed by atoms with E-state index in [4.69, 9.17) is 5.73 Å². The molecule has 2 N–H and O–H groups in total. The molecule has 0 heterocycles. The molecule has 52 valence electrons. The van der Waals surface area contributed by atoms with E-state index >= 15 is 0 Å². The molecule has 0 fully saturated rings. The Balaban J connectivity index is 3.78. The van der Waals surface area contributed by atoms with Crippen LogP contribution in [0.2, 0.25) is 0 Å². The summed E-state index contributed by atoms with van der Waals surface area (Å²) in [7, 11) is 1.79. The lowest BCUT2D eigenvalue weighted by atomic mass is 10.4. The van der Waals surface area contributed by atoms with Crippen LogP contribution in [0.3, 0.4) is 0 Å². The summed E-state index contributed by atoms with van der Waals surface area (Å²) in [5, 5.41) is 5.19. The van der Waals surface area contributed by atoms with Gasteiger partial charge in [-0.25, -0.2) is 0 Å². The quantitative estimate of drug-likeness (QED) is 0.449. The Morgan fingerprint density at radius 2 is 2.44 bits per heavy atom. The highest BCUT2D eigenvalue weighted by molar-refractivity contribution is 5.22. The average molecular weight is 127 g/mol. The molecule has 3 heteroatoms.